The van der Waals surface area contributed by atoms with Crippen LogP contribution in [0.1, 0.15) is 38.8 Å². The van der Waals surface area contributed by atoms with Crippen LogP contribution in [0.15, 0.2) is 24.3 Å². The molecule has 0 saturated heterocycles. The van der Waals surface area contributed by atoms with Crippen LogP contribution < -0.4 is 5.73 Å². The number of benzene rings is 1. The topological polar surface area (TPSA) is 53.0 Å². The third-order valence-electron chi connectivity index (χ3n) is 3.19. The molecule has 110 valence electrons. The molecule has 0 bridgehead atoms. The van der Waals surface area contributed by atoms with Crippen molar-refractivity contribution in [3.63, 3.8) is 0 Å². The van der Waals surface area contributed by atoms with Gasteiger partial charge in [-0.15, -0.1) is 0 Å². The first-order valence-corrected chi connectivity index (χ1v) is 7.45. The second-order valence-corrected chi connectivity index (χ2v) is 6.09. The summed E-state index contributed by atoms with van der Waals surface area (Å²) in [7, 11) is 0. The van der Waals surface area contributed by atoms with Crippen molar-refractivity contribution in [2.45, 2.75) is 39.3 Å². The van der Waals surface area contributed by atoms with E-state index in [1.54, 1.807) is 0 Å². The molecule has 1 aromatic carbocycles. The van der Waals surface area contributed by atoms with Crippen molar-refractivity contribution in [3.05, 3.63) is 34.9 Å². The summed E-state index contributed by atoms with van der Waals surface area (Å²) in [4.78, 5) is 2.30. The second kappa shape index (κ2) is 8.26. The lowest BCUT2D eigenvalue weighted by atomic mass is 9.97. The number of hydrogen-bond acceptors (Lipinski definition) is 3. The van der Waals surface area contributed by atoms with Gasteiger partial charge in [0.1, 0.15) is 0 Å². The number of nitriles is 1. The highest BCUT2D eigenvalue weighted by molar-refractivity contribution is 6.30. The maximum Gasteiger partial charge on any atom is 0.0635 e. The van der Waals surface area contributed by atoms with Gasteiger partial charge < -0.3 is 5.73 Å². The van der Waals surface area contributed by atoms with Gasteiger partial charge in [-0.1, -0.05) is 37.6 Å². The Bertz CT molecular complexity index is 451. The Hall–Kier alpha value is -1.08. The smallest absolute Gasteiger partial charge is 0.0635 e. The molecule has 0 amide bonds. The molecule has 0 aliphatic heterocycles. The Morgan fingerprint density at radius 3 is 2.55 bits per heavy atom. The van der Waals surface area contributed by atoms with E-state index in [9.17, 15) is 0 Å². The van der Waals surface area contributed by atoms with Crippen LogP contribution >= 0.6 is 11.6 Å². The number of nitrogens with two attached hydrogens (primary N) is 1. The Kier molecular flexibility index (Phi) is 7.01. The normalized spacial score (nSPS) is 14.3. The Morgan fingerprint density at radius 1 is 1.35 bits per heavy atom. The van der Waals surface area contributed by atoms with E-state index in [2.05, 4.69) is 30.9 Å². The summed E-state index contributed by atoms with van der Waals surface area (Å²) in [6, 6.07) is 10.1. The molecule has 4 heteroatoms. The van der Waals surface area contributed by atoms with E-state index >= 15 is 0 Å². The van der Waals surface area contributed by atoms with Crippen LogP contribution in [0, 0.1) is 17.2 Å². The van der Waals surface area contributed by atoms with Gasteiger partial charge in [-0.3, -0.25) is 4.90 Å². The third-order valence-corrected chi connectivity index (χ3v) is 3.43. The van der Waals surface area contributed by atoms with Gasteiger partial charge in [0, 0.05) is 36.6 Å². The predicted octanol–water partition coefficient (Wildman–Crippen LogP) is 3.60. The van der Waals surface area contributed by atoms with Crippen LogP contribution in [-0.2, 0) is 0 Å². The predicted molar refractivity (Wildman–Crippen MR) is 84.5 cm³/mol. The summed E-state index contributed by atoms with van der Waals surface area (Å²) in [5.41, 5.74) is 7.32. The fourth-order valence-electron chi connectivity index (χ4n) is 2.54. The van der Waals surface area contributed by atoms with E-state index in [1.165, 1.54) is 0 Å². The van der Waals surface area contributed by atoms with Gasteiger partial charge in [-0.05, 0) is 30.5 Å². The van der Waals surface area contributed by atoms with E-state index in [0.29, 0.717) is 12.3 Å². The molecule has 0 aromatic heterocycles. The summed E-state index contributed by atoms with van der Waals surface area (Å²) < 4.78 is 0. The average molecular weight is 294 g/mol. The van der Waals surface area contributed by atoms with Crippen LogP contribution in [0.25, 0.3) is 0 Å². The summed E-state index contributed by atoms with van der Waals surface area (Å²) in [5, 5.41) is 9.58. The highest BCUT2D eigenvalue weighted by Crippen LogP contribution is 2.26. The van der Waals surface area contributed by atoms with Gasteiger partial charge in [0.05, 0.1) is 6.07 Å². The number of rotatable bonds is 7. The van der Waals surface area contributed by atoms with Gasteiger partial charge in [0.25, 0.3) is 0 Å². The zero-order valence-corrected chi connectivity index (χ0v) is 13.3. The molecular weight excluding hydrogens is 270 g/mol. The van der Waals surface area contributed by atoms with Crippen LogP contribution in [0.5, 0.6) is 0 Å². The van der Waals surface area contributed by atoms with Crippen molar-refractivity contribution in [2.24, 2.45) is 11.7 Å². The summed E-state index contributed by atoms with van der Waals surface area (Å²) in [6.07, 6.45) is 0.510. The van der Waals surface area contributed by atoms with Crippen molar-refractivity contribution < 1.29 is 0 Å². The van der Waals surface area contributed by atoms with Gasteiger partial charge in [0.15, 0.2) is 0 Å². The molecule has 2 unspecified atom stereocenters. The highest BCUT2D eigenvalue weighted by atomic mass is 35.5. The Labute approximate surface area is 127 Å². The molecule has 1 rings (SSSR count). The molecule has 2 atom stereocenters. The van der Waals surface area contributed by atoms with Gasteiger partial charge >= 0.3 is 0 Å². The zero-order valence-electron chi connectivity index (χ0n) is 12.5. The molecule has 0 radical (unpaired) electrons. The second-order valence-electron chi connectivity index (χ2n) is 5.66. The first kappa shape index (κ1) is 17.0. The van der Waals surface area contributed by atoms with E-state index in [-0.39, 0.29) is 12.1 Å². The largest absolute Gasteiger partial charge is 0.326 e. The lowest BCUT2D eigenvalue weighted by molar-refractivity contribution is 0.160. The Balaban J connectivity index is 3.03. The molecule has 20 heavy (non-hydrogen) atoms. The van der Waals surface area contributed by atoms with E-state index in [1.807, 2.05) is 25.1 Å². The lowest BCUT2D eigenvalue weighted by Gasteiger charge is -2.35. The maximum atomic E-state index is 8.86. The number of nitrogens with zero attached hydrogens (tertiary/aromatic N) is 2. The summed E-state index contributed by atoms with van der Waals surface area (Å²) >= 11 is 6.10. The standard InChI is InChI=1S/C16H24ClN3/c1-12(2)11-20(9-5-8-18)16(13(3)19)14-6-4-7-15(17)10-14/h4,6-7,10,12-13,16H,5,9,11,19H2,1-3H3. The first-order chi connectivity index (χ1) is 9.45. The minimum absolute atomic E-state index is 0.0223. The average Bonchev–Trinajstić information content (AvgIpc) is 2.35. The van der Waals surface area contributed by atoms with E-state index in [0.717, 1.165) is 23.7 Å². The molecule has 0 saturated carbocycles. The molecule has 0 aliphatic rings. The van der Waals surface area contributed by atoms with Crippen LogP contribution in [0.3, 0.4) is 0 Å². The fraction of sp³-hybridized carbons (Fsp3) is 0.562. The van der Waals surface area contributed by atoms with Crippen LogP contribution in [0.4, 0.5) is 0 Å². The molecule has 0 spiro atoms. The first-order valence-electron chi connectivity index (χ1n) is 7.07. The number of halogens is 1. The lowest BCUT2D eigenvalue weighted by Crippen LogP contribution is -2.41. The van der Waals surface area contributed by atoms with Crippen molar-refractivity contribution in [3.8, 4) is 6.07 Å². The molecule has 0 heterocycles. The highest BCUT2D eigenvalue weighted by Gasteiger charge is 2.24. The van der Waals surface area contributed by atoms with Crippen LogP contribution in [-0.4, -0.2) is 24.0 Å². The summed E-state index contributed by atoms with van der Waals surface area (Å²) in [5.74, 6) is 0.522. The van der Waals surface area contributed by atoms with Crippen molar-refractivity contribution in [2.75, 3.05) is 13.1 Å². The molecule has 3 nitrogen and oxygen atoms in total. The molecular formula is C16H24ClN3. The van der Waals surface area contributed by atoms with Gasteiger partial charge in [-0.2, -0.15) is 5.26 Å². The van der Waals surface area contributed by atoms with E-state index < -0.39 is 0 Å². The molecule has 0 aliphatic carbocycles. The zero-order chi connectivity index (χ0) is 15.1. The van der Waals surface area contributed by atoms with Gasteiger partial charge in [0.2, 0.25) is 0 Å². The summed E-state index contributed by atoms with van der Waals surface area (Å²) in [6.45, 7) is 8.00. The van der Waals surface area contributed by atoms with Gasteiger partial charge in [-0.25, -0.2) is 0 Å². The van der Waals surface area contributed by atoms with Crippen molar-refractivity contribution >= 4 is 11.6 Å². The van der Waals surface area contributed by atoms with E-state index in [4.69, 9.17) is 22.6 Å². The van der Waals surface area contributed by atoms with Crippen molar-refractivity contribution in [1.29, 1.82) is 5.26 Å². The molecule has 2 N–H and O–H groups in total. The third kappa shape index (κ3) is 5.13. The van der Waals surface area contributed by atoms with Crippen molar-refractivity contribution in [1.82, 2.24) is 4.90 Å². The minimum Gasteiger partial charge on any atom is -0.326 e. The SMILES string of the molecule is CC(C)CN(CCC#N)C(c1cccc(Cl)c1)C(C)N. The maximum absolute atomic E-state index is 8.86. The minimum atomic E-state index is -0.0223. The quantitative estimate of drug-likeness (QED) is 0.835. The molecule has 1 aromatic rings. The fourth-order valence-corrected chi connectivity index (χ4v) is 2.74. The Morgan fingerprint density at radius 2 is 2.05 bits per heavy atom. The van der Waals surface area contributed by atoms with Crippen LogP contribution in [0.2, 0.25) is 5.02 Å². The number of hydrogen-bond donors (Lipinski definition) is 1. The molecule has 0 fully saturated rings. The monoisotopic (exact) mass is 293 g/mol.